The molecule has 2 aromatic rings. The van der Waals surface area contributed by atoms with Gasteiger partial charge in [-0.1, -0.05) is 12.1 Å². The first-order chi connectivity index (χ1) is 8.63. The van der Waals surface area contributed by atoms with Gasteiger partial charge in [0.1, 0.15) is 5.75 Å². The number of aromatic nitrogens is 2. The second-order valence-electron chi connectivity index (χ2n) is 4.39. The summed E-state index contributed by atoms with van der Waals surface area (Å²) in [4.78, 5) is 7.70. The van der Waals surface area contributed by atoms with Crippen molar-refractivity contribution in [2.45, 2.75) is 20.3 Å². The van der Waals surface area contributed by atoms with Crippen LogP contribution in [0.4, 0.5) is 5.95 Å². The predicted octanol–water partition coefficient (Wildman–Crippen LogP) is 2.67. The van der Waals surface area contributed by atoms with Gasteiger partial charge in [-0.15, -0.1) is 0 Å². The summed E-state index contributed by atoms with van der Waals surface area (Å²) < 4.78 is 5.26. The summed E-state index contributed by atoms with van der Waals surface area (Å²) in [5.74, 6) is 1.74. The van der Waals surface area contributed by atoms with Crippen LogP contribution in [-0.2, 0) is 6.42 Å². The number of aromatic amines is 1. The normalized spacial score (nSPS) is 10.4. The molecule has 18 heavy (non-hydrogen) atoms. The molecule has 0 atom stereocenters. The summed E-state index contributed by atoms with van der Waals surface area (Å²) in [6.45, 7) is 4.10. The molecular weight excluding hydrogens is 226 g/mol. The molecule has 0 unspecified atom stereocenters. The number of nitrogens with one attached hydrogen (secondary N) is 2. The number of nitrogens with zero attached hydrogens (tertiary/aromatic N) is 1. The molecule has 0 bridgehead atoms. The van der Waals surface area contributed by atoms with Crippen LogP contribution in [0.5, 0.6) is 5.75 Å². The summed E-state index contributed by atoms with van der Waals surface area (Å²) in [5.41, 5.74) is 4.57. The third-order valence-corrected chi connectivity index (χ3v) is 3.05. The van der Waals surface area contributed by atoms with Crippen molar-refractivity contribution in [3.8, 4) is 5.75 Å². The maximum absolute atomic E-state index is 5.26. The molecule has 0 aliphatic carbocycles. The van der Waals surface area contributed by atoms with E-state index in [0.717, 1.165) is 35.1 Å². The van der Waals surface area contributed by atoms with E-state index < -0.39 is 0 Å². The third kappa shape index (κ3) is 2.47. The first kappa shape index (κ1) is 12.5. The second-order valence-corrected chi connectivity index (χ2v) is 4.39. The highest BCUT2D eigenvalue weighted by atomic mass is 16.5. The molecule has 0 fully saturated rings. The number of aryl methyl sites for hydroxylation is 2. The van der Waals surface area contributed by atoms with Crippen LogP contribution in [-0.4, -0.2) is 24.1 Å². The maximum Gasteiger partial charge on any atom is 0.200 e. The third-order valence-electron chi connectivity index (χ3n) is 3.05. The number of methoxy groups -OCH3 is 1. The van der Waals surface area contributed by atoms with Crippen LogP contribution in [0, 0.1) is 13.8 Å². The van der Waals surface area contributed by atoms with Crippen molar-refractivity contribution in [1.29, 1.82) is 0 Å². The summed E-state index contributed by atoms with van der Waals surface area (Å²) in [7, 11) is 3.55. The molecule has 0 aliphatic heterocycles. The Morgan fingerprint density at radius 3 is 2.67 bits per heavy atom. The molecule has 0 aliphatic rings. The zero-order valence-corrected chi connectivity index (χ0v) is 11.3. The molecular formula is C14H19N3O. The van der Waals surface area contributed by atoms with Gasteiger partial charge in [-0.05, 0) is 31.0 Å². The molecule has 2 rings (SSSR count). The van der Waals surface area contributed by atoms with Crippen molar-refractivity contribution in [2.24, 2.45) is 0 Å². The molecule has 1 aromatic carbocycles. The van der Waals surface area contributed by atoms with Crippen LogP contribution in [0.2, 0.25) is 0 Å². The van der Waals surface area contributed by atoms with Gasteiger partial charge in [0.25, 0.3) is 0 Å². The Morgan fingerprint density at radius 2 is 2.11 bits per heavy atom. The molecule has 1 aromatic heterocycles. The van der Waals surface area contributed by atoms with Crippen LogP contribution < -0.4 is 10.1 Å². The van der Waals surface area contributed by atoms with Crippen LogP contribution >= 0.6 is 0 Å². The zero-order valence-electron chi connectivity index (χ0n) is 11.3. The average Bonchev–Trinajstić information content (AvgIpc) is 2.70. The lowest BCUT2D eigenvalue weighted by Crippen LogP contribution is -1.94. The Labute approximate surface area is 107 Å². The van der Waals surface area contributed by atoms with E-state index in [1.165, 1.54) is 5.56 Å². The Kier molecular flexibility index (Phi) is 3.55. The molecule has 96 valence electrons. The van der Waals surface area contributed by atoms with Gasteiger partial charge >= 0.3 is 0 Å². The van der Waals surface area contributed by atoms with E-state index in [-0.39, 0.29) is 0 Å². The van der Waals surface area contributed by atoms with Crippen LogP contribution in [0.1, 0.15) is 22.5 Å². The summed E-state index contributed by atoms with van der Waals surface area (Å²) in [6.07, 6.45) is 0.828. The Hall–Kier alpha value is -1.97. The van der Waals surface area contributed by atoms with Gasteiger partial charge in [-0.2, -0.15) is 0 Å². The van der Waals surface area contributed by atoms with Gasteiger partial charge in [-0.25, -0.2) is 4.98 Å². The summed E-state index contributed by atoms with van der Waals surface area (Å²) >= 11 is 0. The quantitative estimate of drug-likeness (QED) is 0.870. The van der Waals surface area contributed by atoms with Crippen LogP contribution in [0.15, 0.2) is 18.2 Å². The first-order valence-electron chi connectivity index (χ1n) is 6.00. The van der Waals surface area contributed by atoms with Crippen molar-refractivity contribution < 1.29 is 4.74 Å². The molecule has 4 heteroatoms. The van der Waals surface area contributed by atoms with E-state index >= 15 is 0 Å². The highest BCUT2D eigenvalue weighted by molar-refractivity contribution is 5.39. The molecule has 0 saturated carbocycles. The zero-order chi connectivity index (χ0) is 13.1. The van der Waals surface area contributed by atoms with Gasteiger partial charge in [0.2, 0.25) is 0 Å². The number of H-pyrrole nitrogens is 1. The minimum Gasteiger partial charge on any atom is -0.496 e. The lowest BCUT2D eigenvalue weighted by Gasteiger charge is -2.06. The Morgan fingerprint density at radius 1 is 1.33 bits per heavy atom. The number of rotatable bonds is 4. The largest absolute Gasteiger partial charge is 0.496 e. The number of hydrogen-bond donors (Lipinski definition) is 2. The standard InChI is InChI=1S/C14H19N3O/c1-9-7-11(5-6-13(9)18-4)8-12-10(2)16-14(15-3)17-12/h5-7H,8H2,1-4H3,(H2,15,16,17). The molecule has 0 amide bonds. The fourth-order valence-corrected chi connectivity index (χ4v) is 2.03. The van der Waals surface area contributed by atoms with Gasteiger partial charge in [0, 0.05) is 19.2 Å². The fourth-order valence-electron chi connectivity index (χ4n) is 2.03. The molecule has 0 spiro atoms. The fraction of sp³-hybridized carbons (Fsp3) is 0.357. The van der Waals surface area contributed by atoms with Crippen molar-refractivity contribution >= 4 is 5.95 Å². The topological polar surface area (TPSA) is 49.9 Å². The van der Waals surface area contributed by atoms with Gasteiger partial charge in [0.15, 0.2) is 5.95 Å². The lowest BCUT2D eigenvalue weighted by molar-refractivity contribution is 0.411. The minimum atomic E-state index is 0.813. The number of hydrogen-bond acceptors (Lipinski definition) is 3. The van der Waals surface area contributed by atoms with E-state index in [4.69, 9.17) is 4.74 Å². The van der Waals surface area contributed by atoms with Crippen molar-refractivity contribution in [2.75, 3.05) is 19.5 Å². The number of ether oxygens (including phenoxy) is 1. The number of anilines is 1. The molecule has 0 radical (unpaired) electrons. The first-order valence-corrected chi connectivity index (χ1v) is 6.00. The molecule has 2 N–H and O–H groups in total. The lowest BCUT2D eigenvalue weighted by atomic mass is 10.1. The van der Waals surface area contributed by atoms with Crippen molar-refractivity contribution in [3.63, 3.8) is 0 Å². The van der Waals surface area contributed by atoms with E-state index in [9.17, 15) is 0 Å². The monoisotopic (exact) mass is 245 g/mol. The maximum atomic E-state index is 5.26. The highest BCUT2D eigenvalue weighted by Crippen LogP contribution is 2.21. The summed E-state index contributed by atoms with van der Waals surface area (Å²) in [6, 6.07) is 6.23. The Balaban J connectivity index is 2.22. The molecule has 0 saturated heterocycles. The second kappa shape index (κ2) is 5.12. The smallest absolute Gasteiger partial charge is 0.200 e. The predicted molar refractivity (Wildman–Crippen MR) is 73.4 cm³/mol. The van der Waals surface area contributed by atoms with Gasteiger partial charge in [-0.3, -0.25) is 0 Å². The van der Waals surface area contributed by atoms with E-state index in [1.807, 2.05) is 20.0 Å². The SMILES string of the molecule is CNc1nc(Cc2ccc(OC)c(C)c2)c(C)[nH]1. The highest BCUT2D eigenvalue weighted by Gasteiger charge is 2.07. The van der Waals surface area contributed by atoms with Crippen LogP contribution in [0.25, 0.3) is 0 Å². The van der Waals surface area contributed by atoms with Gasteiger partial charge in [0.05, 0.1) is 12.8 Å². The van der Waals surface area contributed by atoms with E-state index in [1.54, 1.807) is 7.11 Å². The minimum absolute atomic E-state index is 0.813. The summed E-state index contributed by atoms with van der Waals surface area (Å²) in [5, 5.41) is 3.02. The van der Waals surface area contributed by atoms with Crippen molar-refractivity contribution in [3.05, 3.63) is 40.7 Å². The molecule has 4 nitrogen and oxygen atoms in total. The average molecular weight is 245 g/mol. The van der Waals surface area contributed by atoms with Gasteiger partial charge < -0.3 is 15.0 Å². The van der Waals surface area contributed by atoms with Crippen LogP contribution in [0.3, 0.4) is 0 Å². The molecule has 1 heterocycles. The van der Waals surface area contributed by atoms with E-state index in [2.05, 4.69) is 34.3 Å². The Bertz CT molecular complexity index is 546. The number of imidazole rings is 1. The van der Waals surface area contributed by atoms with E-state index in [0.29, 0.717) is 0 Å². The number of benzene rings is 1. The van der Waals surface area contributed by atoms with Crippen molar-refractivity contribution in [1.82, 2.24) is 9.97 Å².